The van der Waals surface area contributed by atoms with E-state index in [0.717, 1.165) is 24.8 Å². The minimum atomic E-state index is -0.262. The smallest absolute Gasteiger partial charge is 0.257 e. The molecule has 0 bridgehead atoms. The Morgan fingerprint density at radius 2 is 2.05 bits per heavy atom. The van der Waals surface area contributed by atoms with Crippen LogP contribution in [0, 0.1) is 0 Å². The molecule has 3 rings (SSSR count). The number of carbonyl (C=O) groups excluding carboxylic acids is 1. The molecule has 0 N–H and O–H groups in total. The highest BCUT2D eigenvalue weighted by Crippen LogP contribution is 2.37. The van der Waals surface area contributed by atoms with E-state index < -0.39 is 0 Å². The van der Waals surface area contributed by atoms with Crippen LogP contribution in [0.15, 0.2) is 30.3 Å². The molecule has 0 unspecified atom stereocenters. The highest BCUT2D eigenvalue weighted by atomic mass is 16.6. The van der Waals surface area contributed by atoms with Crippen molar-refractivity contribution in [2.75, 3.05) is 6.61 Å². The Bertz CT molecular complexity index is 490. The van der Waals surface area contributed by atoms with Crippen LogP contribution in [0.25, 0.3) is 0 Å². The summed E-state index contributed by atoms with van der Waals surface area (Å²) < 4.78 is 11.4. The SMILES string of the molecule is CCC[C@H]1OC[C@@H](c2ccccc2)N1C(=O)[C@@H]1O[C@H]1CC. The van der Waals surface area contributed by atoms with Gasteiger partial charge in [0.05, 0.1) is 18.8 Å². The lowest BCUT2D eigenvalue weighted by Gasteiger charge is -2.28. The van der Waals surface area contributed by atoms with E-state index in [1.165, 1.54) is 0 Å². The molecule has 114 valence electrons. The van der Waals surface area contributed by atoms with Gasteiger partial charge >= 0.3 is 0 Å². The third kappa shape index (κ3) is 2.83. The minimum absolute atomic E-state index is 0.0111. The second kappa shape index (κ2) is 6.16. The lowest BCUT2D eigenvalue weighted by atomic mass is 10.1. The van der Waals surface area contributed by atoms with Crippen LogP contribution in [0.5, 0.6) is 0 Å². The van der Waals surface area contributed by atoms with Gasteiger partial charge in [-0.2, -0.15) is 0 Å². The topological polar surface area (TPSA) is 42.1 Å². The van der Waals surface area contributed by atoms with Gasteiger partial charge in [-0.05, 0) is 18.4 Å². The molecule has 2 aliphatic heterocycles. The van der Waals surface area contributed by atoms with Crippen molar-refractivity contribution in [2.24, 2.45) is 0 Å². The first-order valence-corrected chi connectivity index (χ1v) is 7.90. The molecule has 2 fully saturated rings. The molecule has 0 saturated carbocycles. The van der Waals surface area contributed by atoms with E-state index >= 15 is 0 Å². The summed E-state index contributed by atoms with van der Waals surface area (Å²) in [6, 6.07) is 10.1. The maximum atomic E-state index is 12.8. The Balaban J connectivity index is 1.81. The van der Waals surface area contributed by atoms with Crippen molar-refractivity contribution in [3.8, 4) is 0 Å². The largest absolute Gasteiger partial charge is 0.359 e. The van der Waals surface area contributed by atoms with E-state index in [2.05, 4.69) is 26.0 Å². The molecule has 1 amide bonds. The third-order valence-electron chi connectivity index (χ3n) is 4.30. The number of rotatable bonds is 5. The highest BCUT2D eigenvalue weighted by molar-refractivity contribution is 5.84. The van der Waals surface area contributed by atoms with E-state index in [1.54, 1.807) is 0 Å². The van der Waals surface area contributed by atoms with Crippen molar-refractivity contribution in [1.29, 1.82) is 0 Å². The number of carbonyl (C=O) groups is 1. The molecule has 0 spiro atoms. The Morgan fingerprint density at radius 1 is 1.29 bits per heavy atom. The van der Waals surface area contributed by atoms with Crippen molar-refractivity contribution >= 4 is 5.91 Å². The van der Waals surface area contributed by atoms with Gasteiger partial charge in [-0.3, -0.25) is 4.79 Å². The summed E-state index contributed by atoms with van der Waals surface area (Å²) >= 11 is 0. The number of ether oxygens (including phenoxy) is 2. The molecule has 2 heterocycles. The number of hydrogen-bond acceptors (Lipinski definition) is 3. The average Bonchev–Trinajstić information content (AvgIpc) is 3.20. The zero-order valence-corrected chi connectivity index (χ0v) is 12.7. The zero-order chi connectivity index (χ0) is 14.8. The standard InChI is InChI=1S/C17H23NO3/c1-3-8-15-18(17(19)16-14(4-2)21-16)13(11-20-15)12-9-6-5-7-10-12/h5-7,9-10,13-16H,3-4,8,11H2,1-2H3/t13-,14-,15+,16+/m0/s1. The first-order valence-electron chi connectivity index (χ1n) is 7.90. The fourth-order valence-corrected chi connectivity index (χ4v) is 3.08. The second-order valence-corrected chi connectivity index (χ2v) is 5.75. The van der Waals surface area contributed by atoms with Crippen molar-refractivity contribution in [3.05, 3.63) is 35.9 Å². The van der Waals surface area contributed by atoms with Gasteiger partial charge in [0.1, 0.15) is 6.23 Å². The van der Waals surface area contributed by atoms with Crippen molar-refractivity contribution in [1.82, 2.24) is 4.90 Å². The quantitative estimate of drug-likeness (QED) is 0.783. The number of hydrogen-bond donors (Lipinski definition) is 0. The molecule has 2 aliphatic rings. The van der Waals surface area contributed by atoms with Crippen molar-refractivity contribution in [3.63, 3.8) is 0 Å². The summed E-state index contributed by atoms with van der Waals surface area (Å²) in [6.45, 7) is 4.74. The molecule has 0 radical (unpaired) electrons. The van der Waals surface area contributed by atoms with E-state index in [1.807, 2.05) is 23.1 Å². The van der Waals surface area contributed by atoms with Crippen LogP contribution in [-0.4, -0.2) is 35.8 Å². The molecule has 21 heavy (non-hydrogen) atoms. The summed E-state index contributed by atoms with van der Waals surface area (Å²) in [6.07, 6.45) is 2.48. The van der Waals surface area contributed by atoms with Crippen LogP contribution in [0.4, 0.5) is 0 Å². The molecule has 4 heteroatoms. The molecule has 1 aromatic carbocycles. The van der Waals surface area contributed by atoms with Crippen LogP contribution in [-0.2, 0) is 14.3 Å². The van der Waals surface area contributed by atoms with Gasteiger partial charge in [-0.15, -0.1) is 0 Å². The second-order valence-electron chi connectivity index (χ2n) is 5.75. The van der Waals surface area contributed by atoms with Gasteiger partial charge in [0.25, 0.3) is 5.91 Å². The van der Waals surface area contributed by atoms with Crippen molar-refractivity contribution in [2.45, 2.75) is 57.6 Å². The first kappa shape index (κ1) is 14.5. The van der Waals surface area contributed by atoms with E-state index in [4.69, 9.17) is 9.47 Å². The molecule has 1 aromatic rings. The van der Waals surface area contributed by atoms with Crippen LogP contribution in [0.3, 0.4) is 0 Å². The fraction of sp³-hybridized carbons (Fsp3) is 0.588. The van der Waals surface area contributed by atoms with Crippen molar-refractivity contribution < 1.29 is 14.3 Å². The number of nitrogens with zero attached hydrogens (tertiary/aromatic N) is 1. The van der Waals surface area contributed by atoms with Gasteiger partial charge < -0.3 is 14.4 Å². The molecule has 4 atom stereocenters. The van der Waals surface area contributed by atoms with E-state index in [9.17, 15) is 4.79 Å². The molecule has 0 aromatic heterocycles. The van der Waals surface area contributed by atoms with Gasteiger partial charge in [0, 0.05) is 0 Å². The summed E-state index contributed by atoms with van der Waals surface area (Å²) in [5, 5.41) is 0. The normalized spacial score (nSPS) is 31.4. The Labute approximate surface area is 126 Å². The summed E-state index contributed by atoms with van der Waals surface area (Å²) in [5.74, 6) is 0.0895. The fourth-order valence-electron chi connectivity index (χ4n) is 3.08. The molecule has 2 saturated heterocycles. The van der Waals surface area contributed by atoms with Gasteiger partial charge in [-0.25, -0.2) is 0 Å². The summed E-state index contributed by atoms with van der Waals surface area (Å²) in [4.78, 5) is 14.7. The lowest BCUT2D eigenvalue weighted by Crippen LogP contribution is -2.41. The monoisotopic (exact) mass is 289 g/mol. The lowest BCUT2D eigenvalue weighted by molar-refractivity contribution is -0.139. The predicted molar refractivity (Wildman–Crippen MR) is 79.6 cm³/mol. The molecule has 4 nitrogen and oxygen atoms in total. The third-order valence-corrected chi connectivity index (χ3v) is 4.30. The Morgan fingerprint density at radius 3 is 2.67 bits per heavy atom. The summed E-state index contributed by atoms with van der Waals surface area (Å²) in [5.41, 5.74) is 1.14. The summed E-state index contributed by atoms with van der Waals surface area (Å²) in [7, 11) is 0. The molecule has 0 aliphatic carbocycles. The minimum Gasteiger partial charge on any atom is -0.359 e. The molecular weight excluding hydrogens is 266 g/mol. The maximum Gasteiger partial charge on any atom is 0.257 e. The van der Waals surface area contributed by atoms with Gasteiger partial charge in [0.2, 0.25) is 0 Å². The van der Waals surface area contributed by atoms with Crippen LogP contribution < -0.4 is 0 Å². The first-order chi connectivity index (χ1) is 10.3. The van der Waals surface area contributed by atoms with E-state index in [0.29, 0.717) is 6.61 Å². The van der Waals surface area contributed by atoms with Crippen LogP contribution in [0.2, 0.25) is 0 Å². The Kier molecular flexibility index (Phi) is 4.27. The zero-order valence-electron chi connectivity index (χ0n) is 12.7. The highest BCUT2D eigenvalue weighted by Gasteiger charge is 2.50. The Hall–Kier alpha value is -1.39. The number of amides is 1. The van der Waals surface area contributed by atoms with Gasteiger partial charge in [0.15, 0.2) is 6.10 Å². The van der Waals surface area contributed by atoms with Crippen LogP contribution >= 0.6 is 0 Å². The average molecular weight is 289 g/mol. The maximum absolute atomic E-state index is 12.8. The predicted octanol–water partition coefficient (Wildman–Crippen LogP) is 2.89. The number of benzene rings is 1. The number of epoxide rings is 1. The van der Waals surface area contributed by atoms with Crippen LogP contribution in [0.1, 0.15) is 44.7 Å². The molecular formula is C17H23NO3. The van der Waals surface area contributed by atoms with E-state index in [-0.39, 0.29) is 30.4 Å². The van der Waals surface area contributed by atoms with Gasteiger partial charge in [-0.1, -0.05) is 50.6 Å².